The molecule has 0 amide bonds. The smallest absolute Gasteiger partial charge is 0.211 e. The molecule has 4 rings (SSSR count). The molecule has 3 N–H and O–H groups in total. The van der Waals surface area contributed by atoms with E-state index in [1.807, 2.05) is 12.1 Å². The highest BCUT2D eigenvalue weighted by Gasteiger charge is 2.30. The first kappa shape index (κ1) is 18.3. The molecule has 1 aliphatic carbocycles. The molecule has 2 aromatic carbocycles. The van der Waals surface area contributed by atoms with E-state index in [-0.39, 0.29) is 23.0 Å². The number of anilines is 1. The van der Waals surface area contributed by atoms with Crippen molar-refractivity contribution in [3.05, 3.63) is 76.6 Å². The van der Waals surface area contributed by atoms with Gasteiger partial charge in [-0.2, -0.15) is 0 Å². The highest BCUT2D eigenvalue weighted by atomic mass is 16.1. The molecule has 6 nitrogen and oxygen atoms in total. The van der Waals surface area contributed by atoms with E-state index in [1.54, 1.807) is 24.3 Å². The lowest BCUT2D eigenvalue weighted by atomic mass is 9.90. The second-order valence-corrected chi connectivity index (χ2v) is 7.30. The van der Waals surface area contributed by atoms with Crippen LogP contribution in [-0.2, 0) is 6.54 Å². The maximum Gasteiger partial charge on any atom is 0.211 e. The molecule has 2 aromatic rings. The fourth-order valence-corrected chi connectivity index (χ4v) is 3.65. The number of piperazine rings is 1. The zero-order valence-electron chi connectivity index (χ0n) is 15.9. The SMILES string of the molecule is CN1CCN(c2ccc(CNC3=C(N)C(=O)c4ccccc4C3=O)cc2)CC1. The van der Waals surface area contributed by atoms with Crippen molar-refractivity contribution in [3.63, 3.8) is 0 Å². The molecular formula is C22H24N4O2. The van der Waals surface area contributed by atoms with Crippen molar-refractivity contribution in [2.24, 2.45) is 5.73 Å². The number of nitrogens with one attached hydrogen (secondary N) is 1. The maximum atomic E-state index is 12.7. The van der Waals surface area contributed by atoms with Crippen LogP contribution in [0.4, 0.5) is 5.69 Å². The Morgan fingerprint density at radius 2 is 1.50 bits per heavy atom. The van der Waals surface area contributed by atoms with Crippen LogP contribution in [0.3, 0.4) is 0 Å². The summed E-state index contributed by atoms with van der Waals surface area (Å²) in [6.07, 6.45) is 0. The Labute approximate surface area is 164 Å². The third kappa shape index (κ3) is 3.39. The summed E-state index contributed by atoms with van der Waals surface area (Å²) in [4.78, 5) is 29.9. The highest BCUT2D eigenvalue weighted by molar-refractivity contribution is 6.26. The number of carbonyl (C=O) groups excluding carboxylic acids is 2. The molecule has 1 fully saturated rings. The highest BCUT2D eigenvalue weighted by Crippen LogP contribution is 2.23. The van der Waals surface area contributed by atoms with Gasteiger partial charge in [-0.15, -0.1) is 0 Å². The van der Waals surface area contributed by atoms with Gasteiger partial charge in [-0.05, 0) is 24.7 Å². The molecular weight excluding hydrogens is 352 g/mol. The van der Waals surface area contributed by atoms with Crippen molar-refractivity contribution >= 4 is 17.3 Å². The number of nitrogens with two attached hydrogens (primary N) is 1. The second-order valence-electron chi connectivity index (χ2n) is 7.30. The number of hydrogen-bond acceptors (Lipinski definition) is 6. The zero-order valence-corrected chi connectivity index (χ0v) is 15.9. The maximum absolute atomic E-state index is 12.7. The quantitative estimate of drug-likeness (QED) is 0.847. The second kappa shape index (κ2) is 7.48. The number of Topliss-reactive ketones (excluding diaryl/α,β-unsaturated/α-hetero) is 2. The van der Waals surface area contributed by atoms with Gasteiger partial charge in [0.05, 0.1) is 0 Å². The number of carbonyl (C=O) groups is 2. The molecule has 1 heterocycles. The Bertz CT molecular complexity index is 941. The number of allylic oxidation sites excluding steroid dienone is 2. The average molecular weight is 376 g/mol. The predicted molar refractivity (Wildman–Crippen MR) is 109 cm³/mol. The Kier molecular flexibility index (Phi) is 4.88. The first-order valence-corrected chi connectivity index (χ1v) is 9.49. The molecule has 1 aliphatic heterocycles. The van der Waals surface area contributed by atoms with E-state index < -0.39 is 0 Å². The van der Waals surface area contributed by atoms with Gasteiger partial charge >= 0.3 is 0 Å². The van der Waals surface area contributed by atoms with Crippen LogP contribution in [0.25, 0.3) is 0 Å². The Hall–Kier alpha value is -3.12. The van der Waals surface area contributed by atoms with Crippen LogP contribution in [0.2, 0.25) is 0 Å². The normalized spacial score (nSPS) is 17.7. The van der Waals surface area contributed by atoms with Gasteiger partial charge < -0.3 is 20.9 Å². The van der Waals surface area contributed by atoms with Gasteiger partial charge in [-0.3, -0.25) is 9.59 Å². The standard InChI is InChI=1S/C22H24N4O2/c1-25-10-12-26(13-11-25)16-8-6-15(7-9-16)14-24-20-19(23)21(27)17-4-2-3-5-18(17)22(20)28/h2-9,24H,10-14,23H2,1H3. The van der Waals surface area contributed by atoms with E-state index in [2.05, 4.69) is 34.3 Å². The molecule has 0 spiro atoms. The summed E-state index contributed by atoms with van der Waals surface area (Å²) in [5.74, 6) is -0.537. The summed E-state index contributed by atoms with van der Waals surface area (Å²) < 4.78 is 0. The lowest BCUT2D eigenvalue weighted by Crippen LogP contribution is -2.44. The van der Waals surface area contributed by atoms with Crippen molar-refractivity contribution in [1.29, 1.82) is 0 Å². The average Bonchev–Trinajstić information content (AvgIpc) is 2.73. The van der Waals surface area contributed by atoms with Crippen molar-refractivity contribution in [1.82, 2.24) is 10.2 Å². The molecule has 0 radical (unpaired) electrons. The lowest BCUT2D eigenvalue weighted by molar-refractivity contribution is 0.0967. The van der Waals surface area contributed by atoms with Gasteiger partial charge in [0, 0.05) is 49.5 Å². The number of hydrogen-bond donors (Lipinski definition) is 2. The Morgan fingerprint density at radius 3 is 2.14 bits per heavy atom. The molecule has 0 aromatic heterocycles. The van der Waals surface area contributed by atoms with Crippen LogP contribution < -0.4 is 16.0 Å². The number of nitrogens with zero attached hydrogens (tertiary/aromatic N) is 2. The molecule has 0 saturated carbocycles. The van der Waals surface area contributed by atoms with Gasteiger partial charge in [0.1, 0.15) is 11.4 Å². The van der Waals surface area contributed by atoms with Crippen molar-refractivity contribution in [2.75, 3.05) is 38.1 Å². The number of ketones is 2. The van der Waals surface area contributed by atoms with Gasteiger partial charge in [-0.1, -0.05) is 36.4 Å². The predicted octanol–water partition coefficient (Wildman–Crippen LogP) is 1.78. The fraction of sp³-hybridized carbons (Fsp3) is 0.273. The lowest BCUT2D eigenvalue weighted by Gasteiger charge is -2.34. The van der Waals surface area contributed by atoms with E-state index in [1.165, 1.54) is 5.69 Å². The first-order chi connectivity index (χ1) is 13.5. The summed E-state index contributed by atoms with van der Waals surface area (Å²) >= 11 is 0. The number of fused-ring (bicyclic) bond motifs is 1. The molecule has 0 atom stereocenters. The van der Waals surface area contributed by atoms with Crippen LogP contribution in [0.5, 0.6) is 0 Å². The largest absolute Gasteiger partial charge is 0.394 e. The summed E-state index contributed by atoms with van der Waals surface area (Å²) in [5, 5.41) is 3.08. The van der Waals surface area contributed by atoms with Gasteiger partial charge in [0.2, 0.25) is 11.6 Å². The third-order valence-corrected chi connectivity index (χ3v) is 5.43. The molecule has 0 bridgehead atoms. The van der Waals surface area contributed by atoms with E-state index in [9.17, 15) is 9.59 Å². The van der Waals surface area contributed by atoms with Crippen LogP contribution in [-0.4, -0.2) is 49.7 Å². The zero-order chi connectivity index (χ0) is 19.7. The van der Waals surface area contributed by atoms with Gasteiger partial charge in [0.25, 0.3) is 0 Å². The number of likely N-dealkylation sites (N-methyl/N-ethyl adjacent to an activating group) is 1. The number of rotatable bonds is 4. The van der Waals surface area contributed by atoms with Crippen LogP contribution in [0.1, 0.15) is 26.3 Å². The molecule has 1 saturated heterocycles. The topological polar surface area (TPSA) is 78.7 Å². The summed E-state index contributed by atoms with van der Waals surface area (Å²) in [5.41, 5.74) is 9.12. The van der Waals surface area contributed by atoms with E-state index >= 15 is 0 Å². The molecule has 144 valence electrons. The van der Waals surface area contributed by atoms with Gasteiger partial charge in [-0.25, -0.2) is 0 Å². The van der Waals surface area contributed by atoms with Crippen molar-refractivity contribution < 1.29 is 9.59 Å². The van der Waals surface area contributed by atoms with Crippen molar-refractivity contribution in [3.8, 4) is 0 Å². The Balaban J connectivity index is 1.45. The summed E-state index contributed by atoms with van der Waals surface area (Å²) in [6, 6.07) is 15.1. The molecule has 0 unspecified atom stereocenters. The number of benzene rings is 2. The molecule has 6 heteroatoms. The van der Waals surface area contributed by atoms with Crippen LogP contribution in [0.15, 0.2) is 59.9 Å². The minimum atomic E-state index is -0.303. The van der Waals surface area contributed by atoms with Gasteiger partial charge in [0.15, 0.2) is 0 Å². The van der Waals surface area contributed by atoms with E-state index in [0.717, 1.165) is 31.7 Å². The minimum Gasteiger partial charge on any atom is -0.394 e. The van der Waals surface area contributed by atoms with Crippen molar-refractivity contribution in [2.45, 2.75) is 6.54 Å². The Morgan fingerprint density at radius 1 is 0.893 bits per heavy atom. The van der Waals surface area contributed by atoms with Crippen LogP contribution in [0, 0.1) is 0 Å². The monoisotopic (exact) mass is 376 g/mol. The molecule has 28 heavy (non-hydrogen) atoms. The van der Waals surface area contributed by atoms with E-state index in [0.29, 0.717) is 17.7 Å². The summed E-state index contributed by atoms with van der Waals surface area (Å²) in [6.45, 7) is 4.60. The first-order valence-electron chi connectivity index (χ1n) is 9.49. The third-order valence-electron chi connectivity index (χ3n) is 5.43. The fourth-order valence-electron chi connectivity index (χ4n) is 3.65. The molecule has 2 aliphatic rings. The van der Waals surface area contributed by atoms with E-state index in [4.69, 9.17) is 5.73 Å². The minimum absolute atomic E-state index is 0.0160. The summed E-state index contributed by atoms with van der Waals surface area (Å²) in [7, 11) is 2.14. The van der Waals surface area contributed by atoms with Crippen LogP contribution >= 0.6 is 0 Å².